The van der Waals surface area contributed by atoms with Crippen LogP contribution in [-0.2, 0) is 11.3 Å². The summed E-state index contributed by atoms with van der Waals surface area (Å²) < 4.78 is 10.9. The molecule has 1 atom stereocenters. The Hall–Kier alpha value is -1.66. The summed E-state index contributed by atoms with van der Waals surface area (Å²) >= 11 is 0. The summed E-state index contributed by atoms with van der Waals surface area (Å²) in [5, 5.41) is 13.4. The number of likely N-dealkylation sites (tertiary alicyclic amines) is 1. The zero-order chi connectivity index (χ0) is 17.5. The van der Waals surface area contributed by atoms with Gasteiger partial charge in [0.15, 0.2) is 0 Å². The molecule has 2 N–H and O–H groups in total. The number of furan rings is 1. The first kappa shape index (κ1) is 18.1. The minimum Gasteiger partial charge on any atom is -0.460 e. The van der Waals surface area contributed by atoms with Crippen molar-refractivity contribution < 1.29 is 14.3 Å². The molecule has 1 aromatic heterocycles. The van der Waals surface area contributed by atoms with Crippen LogP contribution in [0.4, 0.5) is 0 Å². The second kappa shape index (κ2) is 9.15. The molecule has 0 spiro atoms. The second-order valence-corrected chi connectivity index (χ2v) is 6.70. The highest BCUT2D eigenvalue weighted by Crippen LogP contribution is 2.22. The smallest absolute Gasteiger partial charge is 0.134 e. The van der Waals surface area contributed by atoms with Crippen LogP contribution in [0.15, 0.2) is 46.9 Å². The molecule has 5 heteroatoms. The number of rotatable bonds is 8. The van der Waals surface area contributed by atoms with E-state index in [1.807, 2.05) is 30.3 Å². The van der Waals surface area contributed by atoms with Crippen LogP contribution in [0.2, 0.25) is 0 Å². The molecule has 5 nitrogen and oxygen atoms in total. The van der Waals surface area contributed by atoms with Crippen LogP contribution in [0.3, 0.4) is 0 Å². The third-order valence-corrected chi connectivity index (χ3v) is 4.70. The lowest BCUT2D eigenvalue weighted by atomic mass is 10.0. The van der Waals surface area contributed by atoms with E-state index in [1.165, 1.54) is 0 Å². The van der Waals surface area contributed by atoms with Crippen molar-refractivity contribution >= 4 is 0 Å². The Morgan fingerprint density at radius 2 is 1.96 bits per heavy atom. The number of aliphatic hydroxyl groups excluding tert-OH is 1. The van der Waals surface area contributed by atoms with E-state index in [0.29, 0.717) is 19.2 Å². The highest BCUT2D eigenvalue weighted by atomic mass is 16.5. The van der Waals surface area contributed by atoms with Crippen molar-refractivity contribution in [2.45, 2.75) is 31.5 Å². The molecular weight excluding hydrogens is 316 g/mol. The Balaban J connectivity index is 1.41. The van der Waals surface area contributed by atoms with Crippen LogP contribution in [-0.4, -0.2) is 55.5 Å². The van der Waals surface area contributed by atoms with Crippen LogP contribution >= 0.6 is 0 Å². The van der Waals surface area contributed by atoms with E-state index in [9.17, 15) is 5.11 Å². The summed E-state index contributed by atoms with van der Waals surface area (Å²) in [4.78, 5) is 2.31. The highest BCUT2D eigenvalue weighted by Gasteiger charge is 2.20. The number of nitrogens with zero attached hydrogens (tertiary/aromatic N) is 1. The van der Waals surface area contributed by atoms with Crippen molar-refractivity contribution in [3.8, 4) is 11.3 Å². The van der Waals surface area contributed by atoms with Gasteiger partial charge in [-0.15, -0.1) is 0 Å². The van der Waals surface area contributed by atoms with Crippen LogP contribution < -0.4 is 5.32 Å². The van der Waals surface area contributed by atoms with E-state index in [-0.39, 0.29) is 0 Å². The summed E-state index contributed by atoms with van der Waals surface area (Å²) in [7, 11) is 1.62. The first-order chi connectivity index (χ1) is 12.2. The predicted molar refractivity (Wildman–Crippen MR) is 98.3 cm³/mol. The molecule has 2 heterocycles. The molecule has 136 valence electrons. The molecule has 1 aliphatic rings. The van der Waals surface area contributed by atoms with E-state index in [2.05, 4.69) is 22.3 Å². The van der Waals surface area contributed by atoms with Gasteiger partial charge in [-0.25, -0.2) is 0 Å². The SMILES string of the molecule is COCC(O)CN1CCC(NCc2ccc(-c3ccccc3)o2)CC1. The largest absolute Gasteiger partial charge is 0.460 e. The van der Waals surface area contributed by atoms with Crippen LogP contribution in [0.1, 0.15) is 18.6 Å². The Morgan fingerprint density at radius 3 is 2.68 bits per heavy atom. The van der Waals surface area contributed by atoms with Gasteiger partial charge in [0.2, 0.25) is 0 Å². The summed E-state index contributed by atoms with van der Waals surface area (Å²) in [5.41, 5.74) is 1.11. The third-order valence-electron chi connectivity index (χ3n) is 4.70. The molecule has 0 amide bonds. The van der Waals surface area contributed by atoms with Crippen molar-refractivity contribution in [3.63, 3.8) is 0 Å². The zero-order valence-electron chi connectivity index (χ0n) is 14.9. The van der Waals surface area contributed by atoms with Crippen molar-refractivity contribution in [2.75, 3.05) is 33.4 Å². The van der Waals surface area contributed by atoms with E-state index in [4.69, 9.17) is 9.15 Å². The van der Waals surface area contributed by atoms with Gasteiger partial charge >= 0.3 is 0 Å². The average Bonchev–Trinajstić information content (AvgIpc) is 3.11. The van der Waals surface area contributed by atoms with Gasteiger partial charge in [-0.1, -0.05) is 30.3 Å². The monoisotopic (exact) mass is 344 g/mol. The molecule has 1 aromatic carbocycles. The van der Waals surface area contributed by atoms with Crippen molar-refractivity contribution in [3.05, 3.63) is 48.2 Å². The summed E-state index contributed by atoms with van der Waals surface area (Å²) in [6.45, 7) is 3.86. The van der Waals surface area contributed by atoms with E-state index in [1.54, 1.807) is 7.11 Å². The quantitative estimate of drug-likeness (QED) is 0.771. The third kappa shape index (κ3) is 5.41. The number of nitrogens with one attached hydrogen (secondary N) is 1. The summed E-state index contributed by atoms with van der Waals surface area (Å²) in [5.74, 6) is 1.89. The van der Waals surface area contributed by atoms with Gasteiger partial charge < -0.3 is 24.5 Å². The molecular formula is C20H28N2O3. The molecule has 1 aliphatic heterocycles. The Morgan fingerprint density at radius 1 is 1.20 bits per heavy atom. The summed E-state index contributed by atoms with van der Waals surface area (Å²) in [6.07, 6.45) is 1.78. The second-order valence-electron chi connectivity index (χ2n) is 6.70. The number of methoxy groups -OCH3 is 1. The Kier molecular flexibility index (Phi) is 6.64. The maximum Gasteiger partial charge on any atom is 0.134 e. The van der Waals surface area contributed by atoms with Gasteiger partial charge in [0.05, 0.1) is 19.3 Å². The molecule has 0 aliphatic carbocycles. The van der Waals surface area contributed by atoms with Gasteiger partial charge in [0.25, 0.3) is 0 Å². The molecule has 1 fully saturated rings. The maximum absolute atomic E-state index is 9.82. The van der Waals surface area contributed by atoms with Crippen LogP contribution in [0, 0.1) is 0 Å². The Labute approximate surface area is 149 Å². The van der Waals surface area contributed by atoms with E-state index < -0.39 is 6.10 Å². The fourth-order valence-electron chi connectivity index (χ4n) is 3.34. The fourth-order valence-corrected chi connectivity index (χ4v) is 3.34. The zero-order valence-corrected chi connectivity index (χ0v) is 14.9. The number of benzene rings is 1. The highest BCUT2D eigenvalue weighted by molar-refractivity contribution is 5.57. The molecule has 1 saturated heterocycles. The lowest BCUT2D eigenvalue weighted by Crippen LogP contribution is -2.45. The molecule has 25 heavy (non-hydrogen) atoms. The van der Waals surface area contributed by atoms with Crippen LogP contribution in [0.25, 0.3) is 11.3 Å². The molecule has 0 bridgehead atoms. The topological polar surface area (TPSA) is 57.9 Å². The number of hydrogen-bond donors (Lipinski definition) is 2. The normalized spacial score (nSPS) is 17.7. The van der Waals surface area contributed by atoms with Gasteiger partial charge in [0, 0.05) is 25.3 Å². The van der Waals surface area contributed by atoms with Gasteiger partial charge in [-0.3, -0.25) is 0 Å². The first-order valence-electron chi connectivity index (χ1n) is 9.01. The minimum absolute atomic E-state index is 0.394. The van der Waals surface area contributed by atoms with Crippen molar-refractivity contribution in [1.29, 1.82) is 0 Å². The molecule has 1 unspecified atom stereocenters. The van der Waals surface area contributed by atoms with E-state index in [0.717, 1.165) is 49.6 Å². The van der Waals surface area contributed by atoms with Crippen molar-refractivity contribution in [2.24, 2.45) is 0 Å². The lowest BCUT2D eigenvalue weighted by Gasteiger charge is -2.33. The molecule has 3 rings (SSSR count). The number of ether oxygens (including phenoxy) is 1. The van der Waals surface area contributed by atoms with Crippen LogP contribution in [0.5, 0.6) is 0 Å². The maximum atomic E-state index is 9.82. The molecule has 0 radical (unpaired) electrons. The fraction of sp³-hybridized carbons (Fsp3) is 0.500. The average molecular weight is 344 g/mol. The first-order valence-corrected chi connectivity index (χ1v) is 9.01. The van der Waals surface area contributed by atoms with Gasteiger partial charge in [0.1, 0.15) is 11.5 Å². The number of β-amino-alcohol motifs (C(OH)–C–C–N with tert-alkyl or cyclic N) is 1. The summed E-state index contributed by atoms with van der Waals surface area (Å²) in [6, 6.07) is 14.8. The minimum atomic E-state index is -0.394. The van der Waals surface area contributed by atoms with Crippen molar-refractivity contribution in [1.82, 2.24) is 10.2 Å². The molecule has 2 aromatic rings. The molecule has 0 saturated carbocycles. The Bertz CT molecular complexity index is 621. The number of piperidine rings is 1. The van der Waals surface area contributed by atoms with Gasteiger partial charge in [-0.05, 0) is 38.1 Å². The number of aliphatic hydroxyl groups is 1. The standard InChI is InChI=1S/C20H28N2O3/c1-24-15-18(23)14-22-11-9-17(10-12-22)21-13-19-7-8-20(25-19)16-5-3-2-4-6-16/h2-8,17-18,21,23H,9-15H2,1H3. The van der Waals surface area contributed by atoms with Gasteiger partial charge in [-0.2, -0.15) is 0 Å². The number of hydrogen-bond acceptors (Lipinski definition) is 5. The van der Waals surface area contributed by atoms with E-state index >= 15 is 0 Å². The lowest BCUT2D eigenvalue weighted by molar-refractivity contribution is 0.0310. The predicted octanol–water partition coefficient (Wildman–Crippen LogP) is 2.51.